The largest absolute Gasteiger partial charge is 0.475 e. The van der Waals surface area contributed by atoms with E-state index in [2.05, 4.69) is 20.4 Å². The summed E-state index contributed by atoms with van der Waals surface area (Å²) in [5.41, 5.74) is -0.444. The van der Waals surface area contributed by atoms with E-state index in [9.17, 15) is 18.0 Å². The number of hydrogen-bond acceptors (Lipinski definition) is 5. The van der Waals surface area contributed by atoms with Gasteiger partial charge in [-0.05, 0) is 25.2 Å². The van der Waals surface area contributed by atoms with Crippen molar-refractivity contribution in [1.82, 2.24) is 10.3 Å². The molecule has 1 aromatic heterocycles. The lowest BCUT2D eigenvalue weighted by Crippen LogP contribution is -2.35. The lowest BCUT2D eigenvalue weighted by atomic mass is 10.2. The van der Waals surface area contributed by atoms with Crippen LogP contribution in [0.15, 0.2) is 12.1 Å². The molecule has 1 aromatic rings. The Bertz CT molecular complexity index is 532. The van der Waals surface area contributed by atoms with Crippen LogP contribution < -0.4 is 15.4 Å². The van der Waals surface area contributed by atoms with Gasteiger partial charge in [-0.25, -0.2) is 18.0 Å². The van der Waals surface area contributed by atoms with Gasteiger partial charge in [-0.3, -0.25) is 5.32 Å². The van der Waals surface area contributed by atoms with Gasteiger partial charge in [0.2, 0.25) is 5.88 Å². The number of aromatic nitrogens is 1. The second kappa shape index (κ2) is 9.03. The summed E-state index contributed by atoms with van der Waals surface area (Å²) in [4.78, 5) is 14.9. The first-order chi connectivity index (χ1) is 10.5. The minimum Gasteiger partial charge on any atom is -0.475 e. The van der Waals surface area contributed by atoms with Crippen LogP contribution in [0.25, 0.3) is 0 Å². The van der Waals surface area contributed by atoms with Crippen molar-refractivity contribution < 1.29 is 27.4 Å². The summed E-state index contributed by atoms with van der Waals surface area (Å²) in [7, 11) is 0. The molecule has 0 aliphatic heterocycles. The smallest absolute Gasteiger partial charge is 0.413 e. The topological polar surface area (TPSA) is 72.5 Å². The third-order valence-corrected chi connectivity index (χ3v) is 2.39. The Hall–Kier alpha value is -2.10. The molecule has 0 spiro atoms. The van der Waals surface area contributed by atoms with E-state index in [4.69, 9.17) is 17.0 Å². The van der Waals surface area contributed by atoms with Crippen molar-refractivity contribution >= 4 is 29.2 Å². The Kier molecular flexibility index (Phi) is 7.37. The molecule has 0 saturated carbocycles. The first kappa shape index (κ1) is 18.0. The van der Waals surface area contributed by atoms with Crippen LogP contribution in [0.2, 0.25) is 0 Å². The van der Waals surface area contributed by atoms with Crippen LogP contribution in [0.3, 0.4) is 0 Å². The Balaban J connectivity index is 2.84. The molecule has 0 unspecified atom stereocenters. The number of carbonyl (C=O) groups excluding carboxylic acids is 1. The number of pyridine rings is 1. The number of nitrogens with zero attached hydrogens (tertiary/aromatic N) is 1. The minimum absolute atomic E-state index is 0.0523. The summed E-state index contributed by atoms with van der Waals surface area (Å²) < 4.78 is 47.4. The third kappa shape index (κ3) is 5.72. The Labute approximate surface area is 130 Å². The van der Waals surface area contributed by atoms with Gasteiger partial charge in [0.25, 0.3) is 6.43 Å². The van der Waals surface area contributed by atoms with Crippen LogP contribution >= 0.6 is 12.2 Å². The molecule has 0 aliphatic rings. The average Bonchev–Trinajstić information content (AvgIpc) is 2.44. The second-order valence-corrected chi connectivity index (χ2v) is 4.13. The van der Waals surface area contributed by atoms with Crippen LogP contribution in [-0.2, 0) is 4.74 Å². The van der Waals surface area contributed by atoms with Gasteiger partial charge >= 0.3 is 6.09 Å². The highest BCUT2D eigenvalue weighted by atomic mass is 32.1. The van der Waals surface area contributed by atoms with Crippen LogP contribution in [0.4, 0.5) is 23.8 Å². The minimum atomic E-state index is -2.82. The Morgan fingerprint density at radius 2 is 2.18 bits per heavy atom. The second-order valence-electron chi connectivity index (χ2n) is 3.73. The zero-order chi connectivity index (χ0) is 16.5. The number of carbonyl (C=O) groups is 1. The molecule has 1 rings (SSSR count). The maximum Gasteiger partial charge on any atom is 0.413 e. The number of anilines is 1. The van der Waals surface area contributed by atoms with Crippen LogP contribution in [0.5, 0.6) is 5.88 Å². The molecule has 2 N–H and O–H groups in total. The zero-order valence-corrected chi connectivity index (χ0v) is 12.4. The zero-order valence-electron chi connectivity index (χ0n) is 11.6. The number of halogens is 3. The van der Waals surface area contributed by atoms with Gasteiger partial charge in [-0.2, -0.15) is 4.98 Å². The molecule has 6 nitrogen and oxygen atoms in total. The molecule has 0 atom stereocenters. The molecule has 0 fully saturated rings. The van der Waals surface area contributed by atoms with Gasteiger partial charge in [0, 0.05) is 6.07 Å². The highest BCUT2D eigenvalue weighted by molar-refractivity contribution is 7.80. The fourth-order valence-electron chi connectivity index (χ4n) is 1.35. The van der Waals surface area contributed by atoms with E-state index in [1.54, 1.807) is 6.92 Å². The molecular formula is C12H14F3N3O3S. The van der Waals surface area contributed by atoms with E-state index in [1.807, 2.05) is 0 Å². The summed E-state index contributed by atoms with van der Waals surface area (Å²) in [5, 5.41) is 4.22. The van der Waals surface area contributed by atoms with Gasteiger partial charge in [-0.1, -0.05) is 0 Å². The Morgan fingerprint density at radius 1 is 1.45 bits per heavy atom. The molecule has 22 heavy (non-hydrogen) atoms. The fourth-order valence-corrected chi connectivity index (χ4v) is 1.53. The van der Waals surface area contributed by atoms with E-state index in [0.717, 1.165) is 6.07 Å². The average molecular weight is 337 g/mol. The molecule has 0 aromatic carbocycles. The third-order valence-electron chi connectivity index (χ3n) is 2.19. The molecule has 0 bridgehead atoms. The highest BCUT2D eigenvalue weighted by Crippen LogP contribution is 2.27. The standard InChI is InChI=1S/C12H14F3N3O3S/c1-2-20-12(19)18-11(22)17-10-7(9(14)15)3-4-8(16-10)21-6-5-13/h3-4,9H,2,5-6H2,1H3,(H2,16,17,18,19,22). The molecule has 1 heterocycles. The van der Waals surface area contributed by atoms with Crippen LogP contribution in [-0.4, -0.2) is 36.1 Å². The number of amides is 1. The normalized spacial score (nSPS) is 10.2. The number of alkyl halides is 3. The lowest BCUT2D eigenvalue weighted by molar-refractivity contribution is 0.151. The maximum absolute atomic E-state index is 12.9. The van der Waals surface area contributed by atoms with Gasteiger partial charge in [0.05, 0.1) is 12.2 Å². The van der Waals surface area contributed by atoms with E-state index < -0.39 is 24.8 Å². The number of thiocarbonyl (C=S) groups is 1. The Morgan fingerprint density at radius 3 is 2.77 bits per heavy atom. The number of nitrogens with one attached hydrogen (secondary N) is 2. The highest BCUT2D eigenvalue weighted by Gasteiger charge is 2.17. The van der Waals surface area contributed by atoms with Crippen molar-refractivity contribution in [2.24, 2.45) is 0 Å². The van der Waals surface area contributed by atoms with Crippen molar-refractivity contribution in [3.63, 3.8) is 0 Å². The molecule has 1 amide bonds. The van der Waals surface area contributed by atoms with Gasteiger partial charge in [0.1, 0.15) is 19.1 Å². The SMILES string of the molecule is CCOC(=O)NC(=S)Nc1nc(OCCF)ccc1C(F)F. The van der Waals surface area contributed by atoms with Crippen molar-refractivity contribution in [2.75, 3.05) is 25.2 Å². The van der Waals surface area contributed by atoms with E-state index in [1.165, 1.54) is 6.07 Å². The van der Waals surface area contributed by atoms with Crippen LogP contribution in [0, 0.1) is 0 Å². The fraction of sp³-hybridized carbons (Fsp3) is 0.417. The van der Waals surface area contributed by atoms with E-state index in [-0.39, 0.29) is 30.0 Å². The monoisotopic (exact) mass is 337 g/mol. The molecule has 0 radical (unpaired) electrons. The summed E-state index contributed by atoms with van der Waals surface area (Å²) in [5.74, 6) is -0.350. The lowest BCUT2D eigenvalue weighted by Gasteiger charge is -2.13. The molecular weight excluding hydrogens is 323 g/mol. The summed E-state index contributed by atoms with van der Waals surface area (Å²) in [6, 6.07) is 2.25. The predicted octanol–water partition coefficient (Wildman–Crippen LogP) is 2.81. The van der Waals surface area contributed by atoms with Crippen molar-refractivity contribution in [1.29, 1.82) is 0 Å². The molecule has 0 saturated heterocycles. The van der Waals surface area contributed by atoms with Crippen molar-refractivity contribution in [3.05, 3.63) is 17.7 Å². The first-order valence-electron chi connectivity index (χ1n) is 6.20. The number of ether oxygens (including phenoxy) is 2. The van der Waals surface area contributed by atoms with Crippen molar-refractivity contribution in [2.45, 2.75) is 13.3 Å². The van der Waals surface area contributed by atoms with Gasteiger partial charge in [0.15, 0.2) is 5.11 Å². The molecule has 10 heteroatoms. The number of hydrogen-bond donors (Lipinski definition) is 2. The van der Waals surface area contributed by atoms with E-state index >= 15 is 0 Å². The quantitative estimate of drug-likeness (QED) is 0.778. The summed E-state index contributed by atoms with van der Waals surface area (Å²) >= 11 is 4.79. The first-order valence-corrected chi connectivity index (χ1v) is 6.61. The number of rotatable bonds is 6. The van der Waals surface area contributed by atoms with Crippen molar-refractivity contribution in [3.8, 4) is 5.88 Å². The number of alkyl carbamates (subject to hydrolysis) is 1. The molecule has 0 aliphatic carbocycles. The predicted molar refractivity (Wildman–Crippen MR) is 77.0 cm³/mol. The summed E-state index contributed by atoms with van der Waals surface area (Å²) in [6.45, 7) is 0.718. The summed E-state index contributed by atoms with van der Waals surface area (Å²) in [6.07, 6.45) is -3.65. The van der Waals surface area contributed by atoms with Crippen LogP contribution in [0.1, 0.15) is 18.9 Å². The van der Waals surface area contributed by atoms with Gasteiger partial charge in [-0.15, -0.1) is 0 Å². The maximum atomic E-state index is 12.9. The molecule has 122 valence electrons. The van der Waals surface area contributed by atoms with Gasteiger partial charge < -0.3 is 14.8 Å². The van der Waals surface area contributed by atoms with E-state index in [0.29, 0.717) is 0 Å².